The van der Waals surface area contributed by atoms with Gasteiger partial charge in [-0.15, -0.1) is 0 Å². The van der Waals surface area contributed by atoms with Crippen LogP contribution >= 0.6 is 0 Å². The van der Waals surface area contributed by atoms with Crippen LogP contribution in [0, 0.1) is 11.3 Å². The lowest BCUT2D eigenvalue weighted by molar-refractivity contribution is -0.0835. The Kier molecular flexibility index (Phi) is 6.32. The molecule has 0 amide bonds. The molecule has 2 atom stereocenters. The van der Waals surface area contributed by atoms with E-state index >= 15 is 0 Å². The van der Waals surface area contributed by atoms with Crippen molar-refractivity contribution in [3.05, 3.63) is 42.1 Å². The van der Waals surface area contributed by atoms with E-state index in [0.717, 1.165) is 36.4 Å². The molecule has 0 saturated carbocycles. The number of para-hydroxylation sites is 1. The molecule has 0 spiro atoms. The molecule has 0 radical (unpaired) electrons. The number of fused-ring (bicyclic) bond motifs is 1. The number of nitrogens with one attached hydrogen (secondary N) is 2. The zero-order valence-corrected chi connectivity index (χ0v) is 17.0. The van der Waals surface area contributed by atoms with E-state index in [-0.39, 0.29) is 11.5 Å². The number of ether oxygens (including phenoxy) is 1. The Morgan fingerprint density at radius 3 is 2.81 bits per heavy atom. The summed E-state index contributed by atoms with van der Waals surface area (Å²) in [7, 11) is 1.81. The molecule has 146 valence electrons. The smallest absolute Gasteiger partial charge is 0.191 e. The second-order valence-corrected chi connectivity index (χ2v) is 8.36. The van der Waals surface area contributed by atoms with Crippen molar-refractivity contribution in [1.29, 1.82) is 0 Å². The number of aliphatic imine (C=N–C) groups is 1. The lowest BCUT2D eigenvalue weighted by atomic mass is 9.78. The Labute approximate surface area is 162 Å². The van der Waals surface area contributed by atoms with Gasteiger partial charge in [-0.2, -0.15) is 0 Å². The average Bonchev–Trinajstić information content (AvgIpc) is 2.67. The minimum atomic E-state index is 0.151. The maximum absolute atomic E-state index is 6.09. The number of aromatic nitrogens is 1. The highest BCUT2D eigenvalue weighted by molar-refractivity contribution is 5.83. The van der Waals surface area contributed by atoms with E-state index in [1.807, 2.05) is 19.3 Å². The molecule has 1 aromatic carbocycles. The van der Waals surface area contributed by atoms with Gasteiger partial charge in [0, 0.05) is 44.2 Å². The Morgan fingerprint density at radius 1 is 1.22 bits per heavy atom. The van der Waals surface area contributed by atoms with Crippen LogP contribution in [0.25, 0.3) is 10.9 Å². The zero-order chi connectivity index (χ0) is 19.3. The normalized spacial score (nSPS) is 21.3. The van der Waals surface area contributed by atoms with Crippen molar-refractivity contribution in [2.45, 2.75) is 46.3 Å². The van der Waals surface area contributed by atoms with Crippen LogP contribution < -0.4 is 10.6 Å². The monoisotopic (exact) mass is 368 g/mol. The van der Waals surface area contributed by atoms with Crippen LogP contribution in [0.2, 0.25) is 0 Å². The average molecular weight is 369 g/mol. The molecule has 5 heteroatoms. The van der Waals surface area contributed by atoms with E-state index in [4.69, 9.17) is 4.74 Å². The molecule has 2 aromatic rings. The Bertz CT molecular complexity index is 776. The van der Waals surface area contributed by atoms with Crippen molar-refractivity contribution in [2.24, 2.45) is 16.3 Å². The third kappa shape index (κ3) is 4.98. The fraction of sp³-hybridized carbons (Fsp3) is 0.545. The predicted molar refractivity (Wildman–Crippen MR) is 112 cm³/mol. The van der Waals surface area contributed by atoms with Crippen molar-refractivity contribution in [2.75, 3.05) is 20.2 Å². The van der Waals surface area contributed by atoms with Gasteiger partial charge in [-0.3, -0.25) is 9.98 Å². The first kappa shape index (κ1) is 19.6. The zero-order valence-electron chi connectivity index (χ0n) is 17.0. The van der Waals surface area contributed by atoms with Crippen LogP contribution in [-0.4, -0.2) is 37.2 Å². The quantitative estimate of drug-likeness (QED) is 0.638. The van der Waals surface area contributed by atoms with Gasteiger partial charge in [0.25, 0.3) is 0 Å². The van der Waals surface area contributed by atoms with Crippen molar-refractivity contribution in [3.63, 3.8) is 0 Å². The summed E-state index contributed by atoms with van der Waals surface area (Å²) in [5.41, 5.74) is 2.36. The topological polar surface area (TPSA) is 58.5 Å². The minimum Gasteiger partial charge on any atom is -0.377 e. The fourth-order valence-corrected chi connectivity index (χ4v) is 3.95. The summed E-state index contributed by atoms with van der Waals surface area (Å²) in [4.78, 5) is 8.91. The molecule has 1 aliphatic rings. The Hall–Kier alpha value is -2.14. The summed E-state index contributed by atoms with van der Waals surface area (Å²) in [5.74, 6) is 1.32. The number of guanidine groups is 1. The SMILES string of the molecule is CN=C(NCc1cccc2cccnc12)NCC1CCCOC1C(C)(C)C. The Morgan fingerprint density at radius 2 is 2.04 bits per heavy atom. The second-order valence-electron chi connectivity index (χ2n) is 8.36. The highest BCUT2D eigenvalue weighted by atomic mass is 16.5. The van der Waals surface area contributed by atoms with E-state index in [1.54, 1.807) is 0 Å². The van der Waals surface area contributed by atoms with Crippen LogP contribution in [-0.2, 0) is 11.3 Å². The van der Waals surface area contributed by atoms with Gasteiger partial charge in [-0.1, -0.05) is 45.0 Å². The van der Waals surface area contributed by atoms with Gasteiger partial charge in [-0.25, -0.2) is 0 Å². The molecule has 0 bridgehead atoms. The van der Waals surface area contributed by atoms with Crippen molar-refractivity contribution < 1.29 is 4.74 Å². The summed E-state index contributed by atoms with van der Waals surface area (Å²) in [6.45, 7) is 9.22. The third-order valence-electron chi connectivity index (χ3n) is 5.22. The van der Waals surface area contributed by atoms with Gasteiger partial charge in [0.15, 0.2) is 5.96 Å². The number of hydrogen-bond donors (Lipinski definition) is 2. The van der Waals surface area contributed by atoms with Crippen LogP contribution in [0.1, 0.15) is 39.2 Å². The third-order valence-corrected chi connectivity index (χ3v) is 5.22. The van der Waals surface area contributed by atoms with Gasteiger partial charge in [0.05, 0.1) is 11.6 Å². The molecule has 1 aromatic heterocycles. The number of benzene rings is 1. The molecule has 3 rings (SSSR count). The van der Waals surface area contributed by atoms with Gasteiger partial charge < -0.3 is 15.4 Å². The number of pyridine rings is 1. The molecule has 1 saturated heterocycles. The molecule has 0 aliphatic carbocycles. The van der Waals surface area contributed by atoms with Crippen LogP contribution in [0.4, 0.5) is 0 Å². The fourth-order valence-electron chi connectivity index (χ4n) is 3.95. The predicted octanol–water partition coefficient (Wildman–Crippen LogP) is 3.74. The maximum Gasteiger partial charge on any atom is 0.191 e. The molecule has 1 fully saturated rings. The van der Waals surface area contributed by atoms with Crippen molar-refractivity contribution in [3.8, 4) is 0 Å². The van der Waals surface area contributed by atoms with Crippen molar-refractivity contribution >= 4 is 16.9 Å². The van der Waals surface area contributed by atoms with E-state index in [1.165, 1.54) is 12.0 Å². The number of nitrogens with zero attached hydrogens (tertiary/aromatic N) is 2. The van der Waals surface area contributed by atoms with Crippen molar-refractivity contribution in [1.82, 2.24) is 15.6 Å². The van der Waals surface area contributed by atoms with Crippen LogP contribution in [0.15, 0.2) is 41.5 Å². The summed E-state index contributed by atoms with van der Waals surface area (Å²) >= 11 is 0. The largest absolute Gasteiger partial charge is 0.377 e. The highest BCUT2D eigenvalue weighted by Crippen LogP contribution is 2.33. The lowest BCUT2D eigenvalue weighted by Gasteiger charge is -2.40. The lowest BCUT2D eigenvalue weighted by Crippen LogP contribution is -2.47. The molecular formula is C22H32N4O. The molecule has 1 aliphatic heterocycles. The molecule has 2 heterocycles. The van der Waals surface area contributed by atoms with Gasteiger partial charge in [0.1, 0.15) is 0 Å². The van der Waals surface area contributed by atoms with E-state index in [0.29, 0.717) is 12.5 Å². The van der Waals surface area contributed by atoms with Crippen LogP contribution in [0.3, 0.4) is 0 Å². The van der Waals surface area contributed by atoms with Crippen LogP contribution in [0.5, 0.6) is 0 Å². The maximum atomic E-state index is 6.09. The summed E-state index contributed by atoms with van der Waals surface area (Å²) in [6, 6.07) is 10.3. The summed E-state index contributed by atoms with van der Waals surface area (Å²) < 4.78 is 6.09. The van der Waals surface area contributed by atoms with Gasteiger partial charge in [-0.05, 0) is 29.9 Å². The first-order valence-electron chi connectivity index (χ1n) is 9.88. The van der Waals surface area contributed by atoms with Gasteiger partial charge >= 0.3 is 0 Å². The Balaban J connectivity index is 1.59. The molecular weight excluding hydrogens is 336 g/mol. The van der Waals surface area contributed by atoms with E-state index in [2.05, 4.69) is 65.6 Å². The number of rotatable bonds is 4. The molecule has 5 nitrogen and oxygen atoms in total. The second kappa shape index (κ2) is 8.70. The molecule has 2 unspecified atom stereocenters. The first-order valence-corrected chi connectivity index (χ1v) is 9.88. The molecule has 27 heavy (non-hydrogen) atoms. The van der Waals surface area contributed by atoms with E-state index < -0.39 is 0 Å². The first-order chi connectivity index (χ1) is 13.0. The minimum absolute atomic E-state index is 0.151. The van der Waals surface area contributed by atoms with Gasteiger partial charge in [0.2, 0.25) is 0 Å². The molecule has 2 N–H and O–H groups in total. The summed E-state index contributed by atoms with van der Waals surface area (Å²) in [6.07, 6.45) is 4.44. The van der Waals surface area contributed by atoms with E-state index in [9.17, 15) is 0 Å². The number of hydrogen-bond acceptors (Lipinski definition) is 3. The highest BCUT2D eigenvalue weighted by Gasteiger charge is 2.35. The summed E-state index contributed by atoms with van der Waals surface area (Å²) in [5, 5.41) is 8.09. The standard InChI is InChI=1S/C22H32N4O/c1-22(2,3)20-18(11-7-13-27-20)15-26-21(23-4)25-14-17-9-5-8-16-10-6-12-24-19(16)17/h5-6,8-10,12,18,20H,7,11,13-15H2,1-4H3,(H2,23,25,26).